The van der Waals surface area contributed by atoms with Gasteiger partial charge in [0, 0.05) is 20.7 Å². The van der Waals surface area contributed by atoms with Crippen molar-refractivity contribution in [1.82, 2.24) is 4.90 Å². The highest BCUT2D eigenvalue weighted by Gasteiger charge is 2.30. The Balaban J connectivity index is 2.33. The lowest BCUT2D eigenvalue weighted by atomic mass is 10.2. The zero-order chi connectivity index (χ0) is 17.0. The van der Waals surface area contributed by atoms with Crippen LogP contribution in [0, 0.1) is 0 Å². The minimum atomic E-state index is -0.313. The van der Waals surface area contributed by atoms with Gasteiger partial charge in [0.15, 0.2) is 0 Å². The molecule has 1 heterocycles. The summed E-state index contributed by atoms with van der Waals surface area (Å²) >= 11 is 13.5. The number of benzene rings is 1. The number of carbonyl (C=O) groups is 1. The SMILES string of the molecule is COCCN(C)C(=O)C1=C(O)CSC1=Nc1c(Cl)cccc1Cl. The highest BCUT2D eigenvalue weighted by atomic mass is 35.5. The van der Waals surface area contributed by atoms with Crippen LogP contribution in [0.15, 0.2) is 34.5 Å². The molecule has 1 aliphatic heterocycles. The molecule has 0 aliphatic carbocycles. The molecule has 0 fully saturated rings. The number of hydrogen-bond donors (Lipinski definition) is 1. The van der Waals surface area contributed by atoms with Crippen LogP contribution in [0.1, 0.15) is 0 Å². The van der Waals surface area contributed by atoms with E-state index in [2.05, 4.69) is 4.99 Å². The van der Waals surface area contributed by atoms with Crippen molar-refractivity contribution in [2.45, 2.75) is 0 Å². The Bertz CT molecular complexity index is 656. The van der Waals surface area contributed by atoms with Gasteiger partial charge in [-0.25, -0.2) is 4.99 Å². The summed E-state index contributed by atoms with van der Waals surface area (Å²) in [6.45, 7) is 0.823. The lowest BCUT2D eigenvalue weighted by molar-refractivity contribution is -0.126. The quantitative estimate of drug-likeness (QED) is 0.853. The van der Waals surface area contributed by atoms with Gasteiger partial charge in [-0.05, 0) is 12.1 Å². The van der Waals surface area contributed by atoms with Crippen molar-refractivity contribution in [3.05, 3.63) is 39.6 Å². The Labute approximate surface area is 148 Å². The maximum Gasteiger partial charge on any atom is 0.259 e. The first-order valence-electron chi connectivity index (χ1n) is 6.78. The number of ether oxygens (including phenoxy) is 1. The normalized spacial score (nSPS) is 16.3. The molecule has 1 N–H and O–H groups in total. The molecule has 0 bridgehead atoms. The van der Waals surface area contributed by atoms with E-state index in [1.54, 1.807) is 32.4 Å². The van der Waals surface area contributed by atoms with Crippen LogP contribution in [-0.2, 0) is 9.53 Å². The van der Waals surface area contributed by atoms with Gasteiger partial charge in [-0.3, -0.25) is 4.79 Å². The second kappa shape index (κ2) is 8.06. The Kier molecular flexibility index (Phi) is 6.35. The van der Waals surface area contributed by atoms with Gasteiger partial charge in [-0.1, -0.05) is 41.0 Å². The highest BCUT2D eigenvalue weighted by molar-refractivity contribution is 8.15. The van der Waals surface area contributed by atoms with Crippen LogP contribution in [0.25, 0.3) is 0 Å². The van der Waals surface area contributed by atoms with Crippen LogP contribution in [0.5, 0.6) is 0 Å². The largest absolute Gasteiger partial charge is 0.510 e. The van der Waals surface area contributed by atoms with Gasteiger partial charge >= 0.3 is 0 Å². The molecule has 0 saturated heterocycles. The standard InChI is InChI=1S/C15H16Cl2N2O3S/c1-19(6-7-22-2)15(21)12-11(20)8-23-14(12)18-13-9(16)4-3-5-10(13)17/h3-5,20H,6-8H2,1-2H3. The van der Waals surface area contributed by atoms with Crippen LogP contribution < -0.4 is 0 Å². The number of methoxy groups -OCH3 is 1. The monoisotopic (exact) mass is 374 g/mol. The fourth-order valence-electron chi connectivity index (χ4n) is 1.93. The zero-order valence-corrected chi connectivity index (χ0v) is 15.0. The molecule has 1 amide bonds. The number of aliphatic hydroxyl groups excluding tert-OH is 1. The predicted octanol–water partition coefficient (Wildman–Crippen LogP) is 3.69. The number of thioether (sulfide) groups is 1. The first kappa shape index (κ1) is 18.1. The van der Waals surface area contributed by atoms with Crippen LogP contribution in [0.2, 0.25) is 10.0 Å². The van der Waals surface area contributed by atoms with Crippen molar-refractivity contribution in [2.75, 3.05) is 33.1 Å². The van der Waals surface area contributed by atoms with Gasteiger partial charge in [0.05, 0.1) is 22.4 Å². The van der Waals surface area contributed by atoms with E-state index in [4.69, 9.17) is 27.9 Å². The highest BCUT2D eigenvalue weighted by Crippen LogP contribution is 2.37. The molecular weight excluding hydrogens is 359 g/mol. The van der Waals surface area contributed by atoms with Crippen molar-refractivity contribution < 1.29 is 14.6 Å². The zero-order valence-electron chi connectivity index (χ0n) is 12.7. The number of hydrogen-bond acceptors (Lipinski definition) is 5. The Hall–Kier alpha value is -1.21. The molecule has 1 aliphatic rings. The number of aliphatic hydroxyl groups is 1. The predicted molar refractivity (Wildman–Crippen MR) is 95.2 cm³/mol. The maximum atomic E-state index is 12.5. The number of rotatable bonds is 5. The number of aliphatic imine (C=N–C) groups is 1. The first-order valence-corrected chi connectivity index (χ1v) is 8.52. The molecule has 5 nitrogen and oxygen atoms in total. The van der Waals surface area contributed by atoms with E-state index in [1.807, 2.05) is 0 Å². The number of para-hydroxylation sites is 1. The lowest BCUT2D eigenvalue weighted by Gasteiger charge is -2.17. The summed E-state index contributed by atoms with van der Waals surface area (Å²) in [4.78, 5) is 18.4. The smallest absolute Gasteiger partial charge is 0.259 e. The number of nitrogens with zero attached hydrogens (tertiary/aromatic N) is 2. The van der Waals surface area contributed by atoms with Crippen LogP contribution in [0.4, 0.5) is 5.69 Å². The second-order valence-corrected chi connectivity index (χ2v) is 6.60. The third-order valence-corrected chi connectivity index (χ3v) is 4.79. The summed E-state index contributed by atoms with van der Waals surface area (Å²) in [6, 6.07) is 5.05. The number of amides is 1. The molecule has 2 rings (SSSR count). The van der Waals surface area contributed by atoms with Gasteiger partial charge in [-0.15, -0.1) is 0 Å². The molecule has 0 atom stereocenters. The molecule has 1 aromatic rings. The van der Waals surface area contributed by atoms with Gasteiger partial charge in [0.2, 0.25) is 0 Å². The Morgan fingerprint density at radius 3 is 2.70 bits per heavy atom. The van der Waals surface area contributed by atoms with Crippen molar-refractivity contribution in [3.63, 3.8) is 0 Å². The average molecular weight is 375 g/mol. The van der Waals surface area contributed by atoms with Crippen LogP contribution >= 0.6 is 35.0 Å². The van der Waals surface area contributed by atoms with Gasteiger partial charge in [0.1, 0.15) is 22.1 Å². The number of carbonyl (C=O) groups excluding carboxylic acids is 1. The molecular formula is C15H16Cl2N2O3S. The summed E-state index contributed by atoms with van der Waals surface area (Å²) in [6.07, 6.45) is 0. The van der Waals surface area contributed by atoms with Crippen molar-refractivity contribution in [1.29, 1.82) is 0 Å². The van der Waals surface area contributed by atoms with E-state index >= 15 is 0 Å². The van der Waals surface area contributed by atoms with Crippen molar-refractivity contribution in [3.8, 4) is 0 Å². The maximum absolute atomic E-state index is 12.5. The first-order chi connectivity index (χ1) is 11.0. The minimum Gasteiger partial charge on any atom is -0.510 e. The van der Waals surface area contributed by atoms with E-state index in [0.717, 1.165) is 0 Å². The van der Waals surface area contributed by atoms with Crippen molar-refractivity contribution >= 4 is 51.6 Å². The van der Waals surface area contributed by atoms with E-state index in [9.17, 15) is 9.90 Å². The number of halogens is 2. The van der Waals surface area contributed by atoms with Crippen LogP contribution in [-0.4, -0.2) is 54.0 Å². The van der Waals surface area contributed by atoms with E-state index in [0.29, 0.717) is 39.7 Å². The summed E-state index contributed by atoms with van der Waals surface area (Å²) in [5, 5.41) is 11.2. The van der Waals surface area contributed by atoms with Gasteiger partial charge in [0.25, 0.3) is 5.91 Å². The third-order valence-electron chi connectivity index (χ3n) is 3.19. The van der Waals surface area contributed by atoms with E-state index < -0.39 is 0 Å². The van der Waals surface area contributed by atoms with Crippen molar-refractivity contribution in [2.24, 2.45) is 4.99 Å². The molecule has 0 aromatic heterocycles. The summed E-state index contributed by atoms with van der Waals surface area (Å²) in [5.74, 6) is -0.0160. The Morgan fingerprint density at radius 2 is 2.09 bits per heavy atom. The fraction of sp³-hybridized carbons (Fsp3) is 0.333. The van der Waals surface area contributed by atoms with Gasteiger partial charge in [-0.2, -0.15) is 0 Å². The minimum absolute atomic E-state index is 0.00573. The van der Waals surface area contributed by atoms with E-state index in [-0.39, 0.29) is 17.2 Å². The molecule has 0 spiro atoms. The Morgan fingerprint density at radius 1 is 1.43 bits per heavy atom. The summed E-state index contributed by atoms with van der Waals surface area (Å²) < 4.78 is 4.96. The molecule has 8 heteroatoms. The molecule has 0 saturated carbocycles. The summed E-state index contributed by atoms with van der Waals surface area (Å²) in [5.41, 5.74) is 0.572. The molecule has 0 radical (unpaired) electrons. The molecule has 1 aromatic carbocycles. The van der Waals surface area contributed by atoms with Crippen LogP contribution in [0.3, 0.4) is 0 Å². The molecule has 0 unspecified atom stereocenters. The van der Waals surface area contributed by atoms with E-state index in [1.165, 1.54) is 16.7 Å². The summed E-state index contributed by atoms with van der Waals surface area (Å²) in [7, 11) is 3.21. The third kappa shape index (κ3) is 4.20. The molecule has 23 heavy (non-hydrogen) atoms. The van der Waals surface area contributed by atoms with Gasteiger partial charge < -0.3 is 14.7 Å². The molecule has 124 valence electrons. The topological polar surface area (TPSA) is 62.1 Å². The lowest BCUT2D eigenvalue weighted by Crippen LogP contribution is -2.32. The number of likely N-dealkylation sites (N-methyl/N-ethyl adjacent to an activating group) is 1. The second-order valence-electron chi connectivity index (χ2n) is 4.82. The average Bonchev–Trinajstić information content (AvgIpc) is 2.88. The fourth-order valence-corrected chi connectivity index (χ4v) is 3.33.